The average molecular weight is 323 g/mol. The summed E-state index contributed by atoms with van der Waals surface area (Å²) in [4.78, 5) is 9.63. The summed E-state index contributed by atoms with van der Waals surface area (Å²) in [6.07, 6.45) is 0. The second kappa shape index (κ2) is 6.39. The van der Waals surface area contributed by atoms with E-state index in [0.717, 1.165) is 11.8 Å². The molecule has 0 radical (unpaired) electrons. The molecule has 0 heterocycles. The molecule has 2 rings (SSSR count). The molecule has 0 aliphatic carbocycles. The van der Waals surface area contributed by atoms with Crippen molar-refractivity contribution in [1.29, 1.82) is 0 Å². The van der Waals surface area contributed by atoms with Gasteiger partial charge in [0.1, 0.15) is 4.90 Å². The summed E-state index contributed by atoms with van der Waals surface area (Å²) in [5.41, 5.74) is 8.40. The van der Waals surface area contributed by atoms with Gasteiger partial charge in [0, 0.05) is 12.1 Å². The van der Waals surface area contributed by atoms with Crippen molar-refractivity contribution < 1.29 is 13.3 Å². The second-order valence-corrected chi connectivity index (χ2v) is 5.75. The third-order valence-electron chi connectivity index (χ3n) is 2.66. The normalized spacial score (nSPS) is 11.0. The number of benzene rings is 2. The van der Waals surface area contributed by atoms with Crippen molar-refractivity contribution in [3.8, 4) is 0 Å². The molecule has 116 valence electrons. The van der Waals surface area contributed by atoms with E-state index in [9.17, 15) is 18.5 Å². The number of rotatable bonds is 6. The smallest absolute Gasteiger partial charge is 0.270 e. The first-order valence-electron chi connectivity index (χ1n) is 6.01. The Morgan fingerprint density at radius 1 is 1.05 bits per heavy atom. The summed E-state index contributed by atoms with van der Waals surface area (Å²) in [7, 11) is -4.12. The highest BCUT2D eigenvalue weighted by molar-refractivity contribution is 7.89. The van der Waals surface area contributed by atoms with E-state index >= 15 is 0 Å². The van der Waals surface area contributed by atoms with Gasteiger partial charge in [0.2, 0.25) is 10.0 Å². The summed E-state index contributed by atoms with van der Waals surface area (Å²) in [6, 6.07) is 12.3. The molecule has 9 nitrogen and oxygen atoms in total. The highest BCUT2D eigenvalue weighted by Gasteiger charge is 2.18. The Labute approximate surface area is 126 Å². The molecule has 0 atom stereocenters. The van der Waals surface area contributed by atoms with Crippen LogP contribution in [0.2, 0.25) is 0 Å². The maximum Gasteiger partial charge on any atom is 0.270 e. The van der Waals surface area contributed by atoms with Crippen LogP contribution >= 0.6 is 0 Å². The van der Waals surface area contributed by atoms with Gasteiger partial charge in [0.15, 0.2) is 0 Å². The quantitative estimate of drug-likeness (QED) is 0.462. The van der Waals surface area contributed by atoms with Crippen molar-refractivity contribution in [2.45, 2.75) is 4.90 Å². The molecule has 0 aliphatic rings. The highest BCUT2D eigenvalue weighted by Crippen LogP contribution is 2.24. The van der Waals surface area contributed by atoms with Crippen molar-refractivity contribution >= 4 is 27.1 Å². The first-order chi connectivity index (χ1) is 10.4. The zero-order valence-corrected chi connectivity index (χ0v) is 12.0. The molecule has 5 N–H and O–H groups in total. The number of hydrogen-bond acceptors (Lipinski definition) is 7. The molecule has 0 aliphatic heterocycles. The number of hydrazine groups is 2. The van der Waals surface area contributed by atoms with E-state index in [2.05, 4.69) is 16.4 Å². The Morgan fingerprint density at radius 3 is 2.32 bits per heavy atom. The van der Waals surface area contributed by atoms with Gasteiger partial charge >= 0.3 is 0 Å². The predicted octanol–water partition coefficient (Wildman–Crippen LogP) is 1.19. The summed E-state index contributed by atoms with van der Waals surface area (Å²) >= 11 is 0. The number of primary sulfonamides is 1. The van der Waals surface area contributed by atoms with Crippen LogP contribution in [-0.4, -0.2) is 13.3 Å². The minimum atomic E-state index is -4.12. The van der Waals surface area contributed by atoms with Crippen LogP contribution in [-0.2, 0) is 10.0 Å². The summed E-state index contributed by atoms with van der Waals surface area (Å²) in [5.74, 6) is 0. The minimum Gasteiger partial charge on any atom is -0.304 e. The number of sulfonamides is 1. The van der Waals surface area contributed by atoms with Crippen LogP contribution in [0, 0.1) is 10.1 Å². The minimum absolute atomic E-state index is 0.0801. The lowest BCUT2D eigenvalue weighted by Crippen LogP contribution is -2.29. The SMILES string of the molecule is NS(=O)(=O)c1cc([N+](=O)[O-])ccc1NNNc1ccccc1. The molecule has 0 fully saturated rings. The van der Waals surface area contributed by atoms with Crippen LogP contribution in [0.25, 0.3) is 0 Å². The topological polar surface area (TPSA) is 139 Å². The zero-order valence-electron chi connectivity index (χ0n) is 11.2. The lowest BCUT2D eigenvalue weighted by atomic mass is 10.3. The number of nitrogens with one attached hydrogen (secondary N) is 3. The average Bonchev–Trinajstić information content (AvgIpc) is 2.47. The first-order valence-corrected chi connectivity index (χ1v) is 7.56. The number of non-ortho nitro benzene ring substituents is 1. The van der Waals surface area contributed by atoms with Gasteiger partial charge in [-0.3, -0.25) is 10.1 Å². The number of nitrogens with zero attached hydrogens (tertiary/aromatic N) is 1. The zero-order chi connectivity index (χ0) is 16.2. The van der Waals surface area contributed by atoms with Crippen LogP contribution in [0.5, 0.6) is 0 Å². The maximum atomic E-state index is 11.5. The number of hydrogen-bond donors (Lipinski definition) is 4. The van der Waals surface area contributed by atoms with Gasteiger partial charge in [-0.05, 0) is 18.2 Å². The molecular formula is C12H13N5O4S. The van der Waals surface area contributed by atoms with Crippen molar-refractivity contribution in [2.75, 3.05) is 10.9 Å². The maximum absolute atomic E-state index is 11.5. The lowest BCUT2D eigenvalue weighted by molar-refractivity contribution is -0.385. The van der Waals surface area contributed by atoms with E-state index in [1.807, 2.05) is 18.2 Å². The molecule has 0 bridgehead atoms. The Kier molecular flexibility index (Phi) is 4.56. The van der Waals surface area contributed by atoms with Crippen molar-refractivity contribution in [3.05, 3.63) is 58.6 Å². The molecule has 0 aromatic heterocycles. The Hall–Kier alpha value is -2.69. The van der Waals surface area contributed by atoms with E-state index in [0.29, 0.717) is 0 Å². The largest absolute Gasteiger partial charge is 0.304 e. The first kappa shape index (κ1) is 15.7. The molecule has 22 heavy (non-hydrogen) atoms. The highest BCUT2D eigenvalue weighted by atomic mass is 32.2. The summed E-state index contributed by atoms with van der Waals surface area (Å²) in [5, 5.41) is 15.8. The van der Waals surface area contributed by atoms with E-state index < -0.39 is 14.9 Å². The Bertz CT molecular complexity index is 779. The molecule has 0 amide bonds. The molecular weight excluding hydrogens is 310 g/mol. The van der Waals surface area contributed by atoms with Crippen LogP contribution in [0.4, 0.5) is 17.1 Å². The van der Waals surface area contributed by atoms with Gasteiger partial charge < -0.3 is 10.9 Å². The van der Waals surface area contributed by atoms with Gasteiger partial charge in [0.05, 0.1) is 16.3 Å². The van der Waals surface area contributed by atoms with Crippen LogP contribution in [0.1, 0.15) is 0 Å². The van der Waals surface area contributed by atoms with E-state index in [4.69, 9.17) is 5.14 Å². The van der Waals surface area contributed by atoms with Crippen molar-refractivity contribution in [2.24, 2.45) is 5.14 Å². The Morgan fingerprint density at radius 2 is 1.73 bits per heavy atom. The molecule has 0 unspecified atom stereocenters. The van der Waals surface area contributed by atoms with Crippen LogP contribution in [0.3, 0.4) is 0 Å². The number of anilines is 2. The number of para-hydroxylation sites is 1. The monoisotopic (exact) mass is 323 g/mol. The van der Waals surface area contributed by atoms with Gasteiger partial charge in [-0.2, -0.15) is 5.53 Å². The number of nitrogens with two attached hydrogens (primary N) is 1. The summed E-state index contributed by atoms with van der Waals surface area (Å²) < 4.78 is 23.1. The standard InChI is InChI=1S/C12H13N5O4S/c13-22(20,21)12-8-10(17(18)19)6-7-11(12)15-16-14-9-4-2-1-3-5-9/h1-8,14-16H,(H2,13,20,21). The van der Waals surface area contributed by atoms with Gasteiger partial charge in [-0.1, -0.05) is 18.2 Å². The molecule has 10 heteroatoms. The van der Waals surface area contributed by atoms with Crippen molar-refractivity contribution in [3.63, 3.8) is 0 Å². The number of nitro groups is 1. The van der Waals surface area contributed by atoms with Crippen LogP contribution in [0.15, 0.2) is 53.4 Å². The van der Waals surface area contributed by atoms with Gasteiger partial charge in [-0.25, -0.2) is 13.6 Å². The van der Waals surface area contributed by atoms with E-state index in [-0.39, 0.29) is 16.3 Å². The summed E-state index contributed by atoms with van der Waals surface area (Å²) in [6.45, 7) is 0. The molecule has 0 saturated heterocycles. The molecule has 2 aromatic carbocycles. The third kappa shape index (κ3) is 3.91. The molecule has 0 spiro atoms. The van der Waals surface area contributed by atoms with E-state index in [1.165, 1.54) is 12.1 Å². The second-order valence-electron chi connectivity index (χ2n) is 4.22. The fourth-order valence-electron chi connectivity index (χ4n) is 1.66. The van der Waals surface area contributed by atoms with Gasteiger partial charge in [-0.15, -0.1) is 0 Å². The fraction of sp³-hybridized carbons (Fsp3) is 0. The molecule has 2 aromatic rings. The lowest BCUT2D eigenvalue weighted by Gasteiger charge is -2.13. The predicted molar refractivity (Wildman–Crippen MR) is 81.3 cm³/mol. The van der Waals surface area contributed by atoms with Gasteiger partial charge in [0.25, 0.3) is 5.69 Å². The van der Waals surface area contributed by atoms with Crippen LogP contribution < -0.4 is 21.5 Å². The third-order valence-corrected chi connectivity index (χ3v) is 3.61. The molecule has 0 saturated carbocycles. The van der Waals surface area contributed by atoms with Crippen molar-refractivity contribution in [1.82, 2.24) is 5.53 Å². The fourth-order valence-corrected chi connectivity index (χ4v) is 2.37. The number of nitro benzene ring substituents is 1. The Balaban J connectivity index is 2.18. The van der Waals surface area contributed by atoms with E-state index in [1.54, 1.807) is 12.1 Å².